The van der Waals surface area contributed by atoms with Crippen LogP contribution >= 0.6 is 0 Å². The summed E-state index contributed by atoms with van der Waals surface area (Å²) in [4.78, 5) is 9.79. The average molecular weight is 142 g/mol. The van der Waals surface area contributed by atoms with Crippen LogP contribution in [-0.2, 0) is 4.79 Å². The molecular weight excluding hydrogens is 131 g/mol. The van der Waals surface area contributed by atoms with Crippen molar-refractivity contribution < 1.29 is 15.0 Å². The molecule has 2 N–H and O–H groups in total. The van der Waals surface area contributed by atoms with Crippen molar-refractivity contribution in [2.45, 2.75) is 25.9 Å². The third kappa shape index (κ3) is 11.8. The molecule has 1 atom stereocenters. The van der Waals surface area contributed by atoms with E-state index in [-0.39, 0.29) is 36.0 Å². The summed E-state index contributed by atoms with van der Waals surface area (Å²) in [5.74, 6) is -0.856. The third-order valence-corrected chi connectivity index (χ3v) is 0.776. The third-order valence-electron chi connectivity index (χ3n) is 0.776. The van der Waals surface area contributed by atoms with Gasteiger partial charge in [-0.1, -0.05) is 0 Å². The van der Waals surface area contributed by atoms with Gasteiger partial charge >= 0.3 is 35.5 Å². The molecule has 50 valence electrons. The SMILES string of the molecule is CC(O)CCC(=O)O.[NaH]. The van der Waals surface area contributed by atoms with Gasteiger partial charge in [-0.05, 0) is 13.3 Å². The Kier molecular flexibility index (Phi) is 8.83. The first-order valence-corrected chi connectivity index (χ1v) is 2.53. The van der Waals surface area contributed by atoms with Gasteiger partial charge in [0, 0.05) is 6.42 Å². The van der Waals surface area contributed by atoms with Crippen LogP contribution in [0.3, 0.4) is 0 Å². The van der Waals surface area contributed by atoms with E-state index < -0.39 is 12.1 Å². The van der Waals surface area contributed by atoms with Crippen LogP contribution in [0, 0.1) is 0 Å². The second-order valence-corrected chi connectivity index (χ2v) is 1.78. The second-order valence-electron chi connectivity index (χ2n) is 1.78. The monoisotopic (exact) mass is 142 g/mol. The van der Waals surface area contributed by atoms with Crippen molar-refractivity contribution in [3.05, 3.63) is 0 Å². The van der Waals surface area contributed by atoms with Crippen molar-refractivity contribution in [3.63, 3.8) is 0 Å². The zero-order chi connectivity index (χ0) is 6.57. The van der Waals surface area contributed by atoms with Gasteiger partial charge in [0.2, 0.25) is 0 Å². The quantitative estimate of drug-likeness (QED) is 0.526. The Morgan fingerprint density at radius 1 is 1.67 bits per heavy atom. The van der Waals surface area contributed by atoms with E-state index >= 15 is 0 Å². The maximum absolute atomic E-state index is 9.79. The van der Waals surface area contributed by atoms with Crippen molar-refractivity contribution in [1.82, 2.24) is 0 Å². The molecule has 4 heteroatoms. The minimum absolute atomic E-state index is 0. The van der Waals surface area contributed by atoms with Crippen LogP contribution in [0.25, 0.3) is 0 Å². The molecule has 0 radical (unpaired) electrons. The Bertz CT molecular complexity index is 82.3. The molecule has 0 fully saturated rings. The molecule has 0 amide bonds. The first-order chi connectivity index (χ1) is 3.63. The number of carbonyl (C=O) groups is 1. The molecule has 0 rings (SSSR count). The Morgan fingerprint density at radius 3 is 2.22 bits per heavy atom. The zero-order valence-electron chi connectivity index (χ0n) is 4.79. The molecule has 0 saturated carbocycles. The van der Waals surface area contributed by atoms with Crippen molar-refractivity contribution in [3.8, 4) is 0 Å². The molecule has 3 nitrogen and oxygen atoms in total. The van der Waals surface area contributed by atoms with E-state index in [9.17, 15) is 4.79 Å². The van der Waals surface area contributed by atoms with Crippen LogP contribution in [0.1, 0.15) is 19.8 Å². The number of aliphatic carboxylic acids is 1. The minimum atomic E-state index is -0.856. The molecule has 0 aromatic rings. The van der Waals surface area contributed by atoms with E-state index in [1.807, 2.05) is 0 Å². The fraction of sp³-hybridized carbons (Fsp3) is 0.800. The maximum atomic E-state index is 9.79. The van der Waals surface area contributed by atoms with E-state index in [0.29, 0.717) is 6.42 Å². The van der Waals surface area contributed by atoms with Gasteiger partial charge in [0.05, 0.1) is 6.10 Å². The molecule has 0 bridgehead atoms. The van der Waals surface area contributed by atoms with Crippen molar-refractivity contribution >= 4 is 35.5 Å². The molecule has 9 heavy (non-hydrogen) atoms. The fourth-order valence-electron chi connectivity index (χ4n) is 0.332. The molecule has 0 aliphatic heterocycles. The van der Waals surface area contributed by atoms with Crippen LogP contribution in [0.2, 0.25) is 0 Å². The van der Waals surface area contributed by atoms with Crippen molar-refractivity contribution in [2.75, 3.05) is 0 Å². The molecule has 0 aliphatic rings. The van der Waals surface area contributed by atoms with E-state index in [0.717, 1.165) is 0 Å². The number of aliphatic hydroxyl groups is 1. The topological polar surface area (TPSA) is 57.5 Å². The first-order valence-electron chi connectivity index (χ1n) is 2.53. The Labute approximate surface area is 76.4 Å². The van der Waals surface area contributed by atoms with E-state index in [2.05, 4.69) is 0 Å². The van der Waals surface area contributed by atoms with E-state index in [4.69, 9.17) is 10.2 Å². The number of hydrogen-bond donors (Lipinski definition) is 2. The summed E-state index contributed by atoms with van der Waals surface area (Å²) >= 11 is 0. The predicted octanol–water partition coefficient (Wildman–Crippen LogP) is -0.417. The molecule has 0 aromatic carbocycles. The molecule has 0 aliphatic carbocycles. The van der Waals surface area contributed by atoms with Crippen molar-refractivity contribution in [1.29, 1.82) is 0 Å². The molecule has 1 unspecified atom stereocenters. The van der Waals surface area contributed by atoms with Crippen LogP contribution in [0.15, 0.2) is 0 Å². The number of carboxylic acids is 1. The average Bonchev–Trinajstić information content (AvgIpc) is 1.61. The summed E-state index contributed by atoms with van der Waals surface area (Å²) in [7, 11) is 0. The van der Waals surface area contributed by atoms with E-state index in [1.54, 1.807) is 6.92 Å². The van der Waals surface area contributed by atoms with Gasteiger partial charge in [-0.2, -0.15) is 0 Å². The number of carboxylic acid groups (broad SMARTS) is 1. The molecule has 0 saturated heterocycles. The summed E-state index contributed by atoms with van der Waals surface area (Å²) in [6.07, 6.45) is -0.0985. The van der Waals surface area contributed by atoms with Gasteiger partial charge < -0.3 is 10.2 Å². The molecular formula is C5H11NaO3. The van der Waals surface area contributed by atoms with Gasteiger partial charge in [-0.15, -0.1) is 0 Å². The van der Waals surface area contributed by atoms with Crippen LogP contribution < -0.4 is 0 Å². The Balaban J connectivity index is 0. The molecule has 0 aromatic heterocycles. The van der Waals surface area contributed by atoms with Gasteiger partial charge in [-0.25, -0.2) is 0 Å². The number of aliphatic hydroxyl groups excluding tert-OH is 1. The summed E-state index contributed by atoms with van der Waals surface area (Å²) < 4.78 is 0. The van der Waals surface area contributed by atoms with Gasteiger partial charge in [-0.3, -0.25) is 4.79 Å². The van der Waals surface area contributed by atoms with Gasteiger partial charge in [0.1, 0.15) is 0 Å². The standard InChI is InChI=1S/C5H10O3.Na.H/c1-4(6)2-3-5(7)8;;/h4,6H,2-3H2,1H3,(H,7,8);;. The second kappa shape index (κ2) is 6.55. The normalized spacial score (nSPS) is 11.8. The zero-order valence-corrected chi connectivity index (χ0v) is 4.79. The molecule has 0 heterocycles. The summed E-state index contributed by atoms with van der Waals surface area (Å²) in [6, 6.07) is 0. The van der Waals surface area contributed by atoms with Gasteiger partial charge in [0.15, 0.2) is 0 Å². The first kappa shape index (κ1) is 12.1. The fourth-order valence-corrected chi connectivity index (χ4v) is 0.332. The summed E-state index contributed by atoms with van der Waals surface area (Å²) in [5, 5.41) is 16.6. The molecule has 0 spiro atoms. The summed E-state index contributed by atoms with van der Waals surface area (Å²) in [5.41, 5.74) is 0. The van der Waals surface area contributed by atoms with Crippen LogP contribution in [0.5, 0.6) is 0 Å². The van der Waals surface area contributed by atoms with Crippen LogP contribution in [0.4, 0.5) is 0 Å². The number of hydrogen-bond acceptors (Lipinski definition) is 2. The predicted molar refractivity (Wildman–Crippen MR) is 35.7 cm³/mol. The summed E-state index contributed by atoms with van der Waals surface area (Å²) in [6.45, 7) is 1.57. The Morgan fingerprint density at radius 2 is 2.11 bits per heavy atom. The van der Waals surface area contributed by atoms with Gasteiger partial charge in [0.25, 0.3) is 0 Å². The Hall–Kier alpha value is 0.430. The van der Waals surface area contributed by atoms with Crippen molar-refractivity contribution in [2.24, 2.45) is 0 Å². The van der Waals surface area contributed by atoms with E-state index in [1.165, 1.54) is 0 Å². The number of rotatable bonds is 3. The van der Waals surface area contributed by atoms with Crippen LogP contribution in [-0.4, -0.2) is 51.8 Å².